The van der Waals surface area contributed by atoms with E-state index in [1.165, 1.54) is 16.4 Å². The Labute approximate surface area is 161 Å². The molecule has 1 aliphatic rings. The molecule has 9 heteroatoms. The second-order valence-corrected chi connectivity index (χ2v) is 8.43. The first-order valence-electron chi connectivity index (χ1n) is 8.26. The molecule has 1 amide bonds. The number of halogens is 2. The monoisotopic (exact) mass is 412 g/mol. The highest BCUT2D eigenvalue weighted by molar-refractivity contribution is 7.89. The minimum Gasteiger partial charge on any atom is -0.462 e. The van der Waals surface area contributed by atoms with E-state index in [2.05, 4.69) is 0 Å². The number of hydrogen-bond donors (Lipinski definition) is 0. The summed E-state index contributed by atoms with van der Waals surface area (Å²) < 4.78 is 45.2. The van der Waals surface area contributed by atoms with Crippen LogP contribution in [-0.4, -0.2) is 49.7 Å². The summed E-state index contributed by atoms with van der Waals surface area (Å²) >= 11 is 5.68. The van der Waals surface area contributed by atoms with Crippen molar-refractivity contribution in [1.29, 1.82) is 0 Å². The maximum absolute atomic E-state index is 13.3. The molecule has 1 aromatic carbocycles. The molecule has 0 radical (unpaired) electrons. The van der Waals surface area contributed by atoms with Gasteiger partial charge in [0.2, 0.25) is 15.9 Å². The minimum atomic E-state index is -3.79. The van der Waals surface area contributed by atoms with Crippen LogP contribution in [0.2, 0.25) is 5.02 Å². The molecular weight excluding hydrogens is 395 g/mol. The molecule has 1 aliphatic heterocycles. The summed E-state index contributed by atoms with van der Waals surface area (Å²) in [4.78, 5) is 13.8. The molecule has 1 saturated heterocycles. The lowest BCUT2D eigenvalue weighted by Gasteiger charge is -2.33. The zero-order chi connectivity index (χ0) is 19.6. The number of carbonyl (C=O) groups is 1. The molecule has 3 rings (SSSR count). The van der Waals surface area contributed by atoms with Crippen LogP contribution in [0.15, 0.2) is 45.7 Å². The molecule has 6 nitrogen and oxygen atoms in total. The average Bonchev–Trinajstić information content (AvgIpc) is 3.07. The second kappa shape index (κ2) is 7.84. The SMILES string of the molecule is Cc1ccc(/C=C/C(=O)N2CCN(S(=O)(=O)c3ccc(F)c(Cl)c3)CC2)o1. The van der Waals surface area contributed by atoms with Crippen molar-refractivity contribution in [3.63, 3.8) is 0 Å². The third-order valence-corrected chi connectivity index (χ3v) is 6.41. The fraction of sp³-hybridized carbons (Fsp3) is 0.278. The van der Waals surface area contributed by atoms with Gasteiger partial charge in [0.05, 0.1) is 9.92 Å². The molecule has 2 aromatic rings. The molecule has 0 unspecified atom stereocenters. The Balaban J connectivity index is 1.63. The van der Waals surface area contributed by atoms with Gasteiger partial charge in [0.15, 0.2) is 0 Å². The molecule has 0 N–H and O–H groups in total. The molecule has 0 aliphatic carbocycles. The summed E-state index contributed by atoms with van der Waals surface area (Å²) in [6, 6.07) is 6.86. The first-order valence-corrected chi connectivity index (χ1v) is 10.1. The number of carbonyl (C=O) groups excluding carboxylic acids is 1. The summed E-state index contributed by atoms with van der Waals surface area (Å²) in [5.74, 6) is 0.438. The van der Waals surface area contributed by atoms with Gasteiger partial charge >= 0.3 is 0 Å². The summed E-state index contributed by atoms with van der Waals surface area (Å²) in [5, 5.41) is -0.247. The van der Waals surface area contributed by atoms with Crippen molar-refractivity contribution in [1.82, 2.24) is 9.21 Å². The van der Waals surface area contributed by atoms with Crippen molar-refractivity contribution >= 4 is 33.6 Å². The highest BCUT2D eigenvalue weighted by Gasteiger charge is 2.30. The zero-order valence-corrected chi connectivity index (χ0v) is 16.1. The van der Waals surface area contributed by atoms with Crippen molar-refractivity contribution in [3.05, 3.63) is 58.8 Å². The van der Waals surface area contributed by atoms with Gasteiger partial charge in [-0.25, -0.2) is 12.8 Å². The Bertz CT molecular complexity index is 979. The van der Waals surface area contributed by atoms with Gasteiger partial charge in [-0.3, -0.25) is 4.79 Å². The molecule has 2 heterocycles. The summed E-state index contributed by atoms with van der Waals surface area (Å²) in [7, 11) is -3.79. The molecule has 1 aromatic heterocycles. The number of sulfonamides is 1. The van der Waals surface area contributed by atoms with E-state index in [4.69, 9.17) is 16.0 Å². The second-order valence-electron chi connectivity index (χ2n) is 6.09. The third-order valence-electron chi connectivity index (χ3n) is 4.23. The number of benzene rings is 1. The van der Waals surface area contributed by atoms with E-state index in [-0.39, 0.29) is 42.0 Å². The summed E-state index contributed by atoms with van der Waals surface area (Å²) in [6.45, 7) is 2.63. The van der Waals surface area contributed by atoms with Crippen LogP contribution < -0.4 is 0 Å². The van der Waals surface area contributed by atoms with E-state index in [1.54, 1.807) is 23.1 Å². The number of furan rings is 1. The summed E-state index contributed by atoms with van der Waals surface area (Å²) in [6.07, 6.45) is 2.99. The number of piperazine rings is 1. The van der Waals surface area contributed by atoms with Crippen LogP contribution in [-0.2, 0) is 14.8 Å². The van der Waals surface area contributed by atoms with Gasteiger partial charge in [0, 0.05) is 32.3 Å². The van der Waals surface area contributed by atoms with E-state index in [0.717, 1.165) is 17.9 Å². The topological polar surface area (TPSA) is 70.8 Å². The number of aryl methyl sites for hydroxylation is 1. The third kappa shape index (κ3) is 4.40. The Morgan fingerprint density at radius 1 is 1.19 bits per heavy atom. The highest BCUT2D eigenvalue weighted by Crippen LogP contribution is 2.23. The quantitative estimate of drug-likeness (QED) is 0.724. The average molecular weight is 413 g/mol. The van der Waals surface area contributed by atoms with Crippen LogP contribution in [0.3, 0.4) is 0 Å². The number of nitrogens with zero attached hydrogens (tertiary/aromatic N) is 2. The lowest BCUT2D eigenvalue weighted by Crippen LogP contribution is -2.50. The number of amides is 1. The first-order chi connectivity index (χ1) is 12.8. The standard InChI is InChI=1S/C18H18ClFN2O4S/c1-13-2-3-14(26-13)4-7-18(23)21-8-10-22(11-9-21)27(24,25)15-5-6-17(20)16(19)12-15/h2-7,12H,8-11H2,1H3/b7-4+. The summed E-state index contributed by atoms with van der Waals surface area (Å²) in [5.41, 5.74) is 0. The van der Waals surface area contributed by atoms with Crippen LogP contribution in [0.25, 0.3) is 6.08 Å². The van der Waals surface area contributed by atoms with Crippen molar-refractivity contribution in [2.24, 2.45) is 0 Å². The molecule has 0 atom stereocenters. The normalized spacial score (nSPS) is 16.2. The van der Waals surface area contributed by atoms with Gasteiger partial charge in [0.25, 0.3) is 0 Å². The van der Waals surface area contributed by atoms with Crippen molar-refractivity contribution in [2.75, 3.05) is 26.2 Å². The van der Waals surface area contributed by atoms with Crippen LogP contribution in [0.5, 0.6) is 0 Å². The Kier molecular flexibility index (Phi) is 5.69. The van der Waals surface area contributed by atoms with Gasteiger partial charge in [-0.2, -0.15) is 4.31 Å². The highest BCUT2D eigenvalue weighted by atomic mass is 35.5. The van der Waals surface area contributed by atoms with Crippen molar-refractivity contribution in [3.8, 4) is 0 Å². The molecule has 0 bridgehead atoms. The van der Waals surface area contributed by atoms with Crippen LogP contribution in [0, 0.1) is 12.7 Å². The Hall–Kier alpha value is -2.16. The Morgan fingerprint density at radius 3 is 2.48 bits per heavy atom. The molecule has 1 fully saturated rings. The van der Waals surface area contributed by atoms with Gasteiger partial charge in [-0.1, -0.05) is 11.6 Å². The first kappa shape index (κ1) is 19.6. The van der Waals surface area contributed by atoms with Crippen LogP contribution in [0.4, 0.5) is 4.39 Å². The smallest absolute Gasteiger partial charge is 0.246 e. The van der Waals surface area contributed by atoms with Crippen molar-refractivity contribution < 1.29 is 22.0 Å². The van der Waals surface area contributed by atoms with E-state index < -0.39 is 15.8 Å². The van der Waals surface area contributed by atoms with E-state index in [9.17, 15) is 17.6 Å². The van der Waals surface area contributed by atoms with Gasteiger partial charge < -0.3 is 9.32 Å². The fourth-order valence-corrected chi connectivity index (χ4v) is 4.43. The van der Waals surface area contributed by atoms with E-state index in [0.29, 0.717) is 5.76 Å². The van der Waals surface area contributed by atoms with Gasteiger partial charge in [-0.05, 0) is 43.3 Å². The van der Waals surface area contributed by atoms with Crippen LogP contribution in [0.1, 0.15) is 11.5 Å². The van der Waals surface area contributed by atoms with Crippen LogP contribution >= 0.6 is 11.6 Å². The predicted octanol–water partition coefficient (Wildman–Crippen LogP) is 2.93. The molecule has 27 heavy (non-hydrogen) atoms. The molecule has 144 valence electrons. The maximum Gasteiger partial charge on any atom is 0.246 e. The van der Waals surface area contributed by atoms with Gasteiger partial charge in [-0.15, -0.1) is 0 Å². The lowest BCUT2D eigenvalue weighted by atomic mass is 10.3. The minimum absolute atomic E-state index is 0.0678. The largest absolute Gasteiger partial charge is 0.462 e. The van der Waals surface area contributed by atoms with Crippen molar-refractivity contribution in [2.45, 2.75) is 11.8 Å². The Morgan fingerprint density at radius 2 is 1.89 bits per heavy atom. The van der Waals surface area contributed by atoms with Gasteiger partial charge in [0.1, 0.15) is 17.3 Å². The van der Waals surface area contributed by atoms with E-state index in [1.807, 2.05) is 6.92 Å². The predicted molar refractivity (Wildman–Crippen MR) is 99.2 cm³/mol. The fourth-order valence-electron chi connectivity index (χ4n) is 2.74. The number of rotatable bonds is 4. The molecule has 0 saturated carbocycles. The van der Waals surface area contributed by atoms with E-state index >= 15 is 0 Å². The number of hydrogen-bond acceptors (Lipinski definition) is 4. The maximum atomic E-state index is 13.3. The molecular formula is C18H18ClFN2O4S. The zero-order valence-electron chi connectivity index (χ0n) is 14.6. The molecule has 0 spiro atoms. The lowest BCUT2D eigenvalue weighted by molar-refractivity contribution is -0.127.